The third kappa shape index (κ3) is 14.1. The van der Waals surface area contributed by atoms with E-state index in [0.29, 0.717) is 5.56 Å². The van der Waals surface area contributed by atoms with Crippen LogP contribution in [0.15, 0.2) is 30.3 Å². The van der Waals surface area contributed by atoms with Gasteiger partial charge in [-0.15, -0.1) is 0 Å². The molecule has 0 aliphatic carbocycles. The SMILES string of the molecule is CCCOC.O=C(O)c1ccccc1.O=CO. The van der Waals surface area contributed by atoms with Crippen molar-refractivity contribution in [2.24, 2.45) is 0 Å². The number of hydrogen-bond acceptors (Lipinski definition) is 3. The Kier molecular flexibility index (Phi) is 14.5. The molecule has 96 valence electrons. The second kappa shape index (κ2) is 14.1. The highest BCUT2D eigenvalue weighted by Crippen LogP contribution is 1.96. The van der Waals surface area contributed by atoms with Gasteiger partial charge < -0.3 is 14.9 Å². The smallest absolute Gasteiger partial charge is 0.335 e. The van der Waals surface area contributed by atoms with E-state index >= 15 is 0 Å². The minimum atomic E-state index is -0.879. The van der Waals surface area contributed by atoms with Crippen LogP contribution in [-0.2, 0) is 9.53 Å². The Balaban J connectivity index is 0. The quantitative estimate of drug-likeness (QED) is 0.793. The molecular weight excluding hydrogens is 224 g/mol. The van der Waals surface area contributed by atoms with Crippen molar-refractivity contribution in [2.75, 3.05) is 13.7 Å². The first-order chi connectivity index (χ1) is 8.13. The Morgan fingerprint density at radius 3 is 2.00 bits per heavy atom. The fourth-order valence-corrected chi connectivity index (χ4v) is 0.785. The molecule has 0 radical (unpaired) electrons. The predicted molar refractivity (Wildman–Crippen MR) is 64.3 cm³/mol. The summed E-state index contributed by atoms with van der Waals surface area (Å²) in [6, 6.07) is 8.30. The van der Waals surface area contributed by atoms with Crippen LogP contribution in [0.25, 0.3) is 0 Å². The Bertz CT molecular complexity index is 282. The zero-order valence-electron chi connectivity index (χ0n) is 10.00. The summed E-state index contributed by atoms with van der Waals surface area (Å²) in [5.74, 6) is -0.879. The number of hydrogen-bond donors (Lipinski definition) is 2. The van der Waals surface area contributed by atoms with Crippen LogP contribution in [0.1, 0.15) is 23.7 Å². The topological polar surface area (TPSA) is 83.8 Å². The minimum Gasteiger partial charge on any atom is -0.483 e. The fourth-order valence-electron chi connectivity index (χ4n) is 0.785. The first-order valence-electron chi connectivity index (χ1n) is 4.99. The molecule has 0 amide bonds. The predicted octanol–water partition coefficient (Wildman–Crippen LogP) is 2.13. The van der Waals surface area contributed by atoms with Gasteiger partial charge in [-0.1, -0.05) is 25.1 Å². The Morgan fingerprint density at radius 1 is 1.35 bits per heavy atom. The van der Waals surface area contributed by atoms with Crippen LogP contribution in [-0.4, -0.2) is 36.4 Å². The van der Waals surface area contributed by atoms with Crippen LogP contribution in [0.5, 0.6) is 0 Å². The third-order valence-electron chi connectivity index (χ3n) is 1.43. The van der Waals surface area contributed by atoms with Gasteiger partial charge in [0.1, 0.15) is 0 Å². The number of rotatable bonds is 3. The molecule has 0 heterocycles. The van der Waals surface area contributed by atoms with E-state index in [1.54, 1.807) is 37.4 Å². The number of aromatic carboxylic acids is 1. The van der Waals surface area contributed by atoms with Gasteiger partial charge in [-0.05, 0) is 18.6 Å². The molecule has 0 saturated carbocycles. The van der Waals surface area contributed by atoms with Gasteiger partial charge in [0.2, 0.25) is 0 Å². The summed E-state index contributed by atoms with van der Waals surface area (Å²) in [6.45, 7) is 2.73. The normalized spacial score (nSPS) is 7.88. The molecule has 0 unspecified atom stereocenters. The van der Waals surface area contributed by atoms with Crippen LogP contribution < -0.4 is 0 Å². The van der Waals surface area contributed by atoms with E-state index in [2.05, 4.69) is 6.92 Å². The molecule has 17 heavy (non-hydrogen) atoms. The maximum Gasteiger partial charge on any atom is 0.335 e. The third-order valence-corrected chi connectivity index (χ3v) is 1.43. The molecule has 0 spiro atoms. The highest BCUT2D eigenvalue weighted by molar-refractivity contribution is 5.87. The zero-order valence-corrected chi connectivity index (χ0v) is 10.00. The number of carbonyl (C=O) groups is 2. The first-order valence-corrected chi connectivity index (χ1v) is 4.99. The lowest BCUT2D eigenvalue weighted by Crippen LogP contribution is -1.93. The molecule has 0 aliphatic rings. The first kappa shape index (κ1) is 17.5. The number of carboxylic acid groups (broad SMARTS) is 2. The van der Waals surface area contributed by atoms with Crippen molar-refractivity contribution in [1.29, 1.82) is 0 Å². The minimum absolute atomic E-state index is 0.250. The summed E-state index contributed by atoms with van der Waals surface area (Å²) in [6.07, 6.45) is 1.12. The molecular formula is C12H18O5. The summed E-state index contributed by atoms with van der Waals surface area (Å²) < 4.78 is 4.69. The van der Waals surface area contributed by atoms with Crippen LogP contribution in [0.4, 0.5) is 0 Å². The Labute approximate surface area is 101 Å². The lowest BCUT2D eigenvalue weighted by Gasteiger charge is -1.88. The van der Waals surface area contributed by atoms with Gasteiger partial charge in [0.25, 0.3) is 6.47 Å². The molecule has 2 N–H and O–H groups in total. The standard InChI is InChI=1S/C7H6O2.C4H10O.CH2O2/c8-7(9)6-4-2-1-3-5-6;1-3-4-5-2;2-1-3/h1-5H,(H,8,9);3-4H2,1-2H3;1H,(H,2,3). The van der Waals surface area contributed by atoms with Crippen molar-refractivity contribution in [3.8, 4) is 0 Å². The zero-order chi connectivity index (χ0) is 13.5. The van der Waals surface area contributed by atoms with Crippen LogP contribution in [0.2, 0.25) is 0 Å². The average Bonchev–Trinajstić information content (AvgIpc) is 2.33. The Hall–Kier alpha value is -1.88. The van der Waals surface area contributed by atoms with Gasteiger partial charge in [0, 0.05) is 13.7 Å². The van der Waals surface area contributed by atoms with Gasteiger partial charge in [-0.3, -0.25) is 4.79 Å². The summed E-state index contributed by atoms with van der Waals surface area (Å²) in [5, 5.41) is 15.3. The second-order valence-electron chi connectivity index (χ2n) is 2.77. The average molecular weight is 242 g/mol. The number of methoxy groups -OCH3 is 1. The van der Waals surface area contributed by atoms with Gasteiger partial charge in [-0.2, -0.15) is 0 Å². The highest BCUT2D eigenvalue weighted by atomic mass is 16.5. The van der Waals surface area contributed by atoms with E-state index < -0.39 is 5.97 Å². The monoisotopic (exact) mass is 242 g/mol. The van der Waals surface area contributed by atoms with Gasteiger partial charge in [0.15, 0.2) is 0 Å². The molecule has 0 aromatic heterocycles. The van der Waals surface area contributed by atoms with Crippen molar-refractivity contribution in [1.82, 2.24) is 0 Å². The summed E-state index contributed by atoms with van der Waals surface area (Å²) in [4.78, 5) is 18.6. The fraction of sp³-hybridized carbons (Fsp3) is 0.333. The van der Waals surface area contributed by atoms with Crippen LogP contribution >= 0.6 is 0 Å². The Morgan fingerprint density at radius 2 is 1.82 bits per heavy atom. The lowest BCUT2D eigenvalue weighted by atomic mass is 10.2. The second-order valence-corrected chi connectivity index (χ2v) is 2.77. The molecule has 5 heteroatoms. The maximum absolute atomic E-state index is 10.2. The molecule has 0 fully saturated rings. The molecule has 0 saturated heterocycles. The van der Waals surface area contributed by atoms with Crippen molar-refractivity contribution < 1.29 is 24.5 Å². The molecule has 1 aromatic carbocycles. The molecule has 0 aliphatic heterocycles. The van der Waals surface area contributed by atoms with E-state index in [4.69, 9.17) is 19.7 Å². The summed E-state index contributed by atoms with van der Waals surface area (Å²) >= 11 is 0. The number of benzene rings is 1. The molecule has 0 bridgehead atoms. The lowest BCUT2D eigenvalue weighted by molar-refractivity contribution is -0.122. The molecule has 1 rings (SSSR count). The van der Waals surface area contributed by atoms with Crippen LogP contribution in [0.3, 0.4) is 0 Å². The molecule has 5 nitrogen and oxygen atoms in total. The van der Waals surface area contributed by atoms with Crippen molar-refractivity contribution in [3.63, 3.8) is 0 Å². The maximum atomic E-state index is 10.2. The van der Waals surface area contributed by atoms with E-state index in [9.17, 15) is 4.79 Å². The van der Waals surface area contributed by atoms with E-state index in [-0.39, 0.29) is 6.47 Å². The largest absolute Gasteiger partial charge is 0.483 e. The van der Waals surface area contributed by atoms with E-state index in [0.717, 1.165) is 13.0 Å². The number of carboxylic acids is 1. The molecule has 0 atom stereocenters. The van der Waals surface area contributed by atoms with Crippen molar-refractivity contribution in [3.05, 3.63) is 35.9 Å². The van der Waals surface area contributed by atoms with Gasteiger partial charge in [-0.25, -0.2) is 4.79 Å². The highest BCUT2D eigenvalue weighted by Gasteiger charge is 1.96. The van der Waals surface area contributed by atoms with Gasteiger partial charge in [0.05, 0.1) is 5.56 Å². The van der Waals surface area contributed by atoms with Crippen LogP contribution in [0, 0.1) is 0 Å². The molecule has 1 aromatic rings. The summed E-state index contributed by atoms with van der Waals surface area (Å²) in [7, 11) is 1.71. The number of ether oxygens (including phenoxy) is 1. The van der Waals surface area contributed by atoms with Gasteiger partial charge >= 0.3 is 5.97 Å². The summed E-state index contributed by atoms with van der Waals surface area (Å²) in [5.41, 5.74) is 0.331. The van der Waals surface area contributed by atoms with Crippen molar-refractivity contribution >= 4 is 12.4 Å². The van der Waals surface area contributed by atoms with E-state index in [1.165, 1.54) is 0 Å². The van der Waals surface area contributed by atoms with E-state index in [1.807, 2.05) is 0 Å². The van der Waals surface area contributed by atoms with Crippen molar-refractivity contribution in [2.45, 2.75) is 13.3 Å².